The first-order valence-electron chi connectivity index (χ1n) is 5.10. The molecule has 0 aliphatic heterocycles. The molecule has 0 amide bonds. The number of H-pyrrole nitrogens is 1. The smallest absolute Gasteiger partial charge is 0.449 e. The summed E-state index contributed by atoms with van der Waals surface area (Å²) in [6, 6.07) is 2.74. The lowest BCUT2D eigenvalue weighted by atomic mass is 10.2. The molecule has 102 valence electrons. The van der Waals surface area contributed by atoms with E-state index < -0.39 is 17.6 Å². The van der Waals surface area contributed by atoms with Crippen molar-refractivity contribution in [2.45, 2.75) is 6.18 Å². The number of nitrogens with one attached hydrogen (secondary N) is 1. The van der Waals surface area contributed by atoms with Crippen molar-refractivity contribution in [3.8, 4) is 11.5 Å². The lowest BCUT2D eigenvalue weighted by Gasteiger charge is -2.11. The Bertz CT molecular complexity index is 679. The van der Waals surface area contributed by atoms with Gasteiger partial charge in [0.05, 0.1) is 19.6 Å². The van der Waals surface area contributed by atoms with Crippen molar-refractivity contribution >= 4 is 10.9 Å². The molecule has 2 rings (SSSR count). The number of hydrogen-bond acceptors (Lipinski definition) is 4. The number of hydrogen-bond donors (Lipinski definition) is 1. The van der Waals surface area contributed by atoms with E-state index in [4.69, 9.17) is 9.47 Å². The third-order valence-corrected chi connectivity index (χ3v) is 2.49. The first-order valence-corrected chi connectivity index (χ1v) is 5.10. The Morgan fingerprint density at radius 3 is 2.42 bits per heavy atom. The number of aromatic amines is 1. The van der Waals surface area contributed by atoms with Crippen LogP contribution in [0.5, 0.6) is 11.5 Å². The van der Waals surface area contributed by atoms with Crippen LogP contribution in [0.15, 0.2) is 16.9 Å². The maximum absolute atomic E-state index is 12.6. The van der Waals surface area contributed by atoms with Crippen molar-refractivity contribution in [1.82, 2.24) is 9.97 Å². The minimum atomic E-state index is -4.75. The van der Waals surface area contributed by atoms with E-state index >= 15 is 0 Å². The summed E-state index contributed by atoms with van der Waals surface area (Å²) in [5, 5.41) is -0.00866. The molecule has 0 bridgehead atoms. The summed E-state index contributed by atoms with van der Waals surface area (Å²) in [7, 11) is 2.59. The molecular weight excluding hydrogens is 265 g/mol. The normalized spacial score (nSPS) is 11.6. The Labute approximate surface area is 105 Å². The van der Waals surface area contributed by atoms with Gasteiger partial charge in [-0.15, -0.1) is 0 Å². The molecule has 1 N–H and O–H groups in total. The van der Waals surface area contributed by atoms with Crippen LogP contribution in [-0.2, 0) is 6.18 Å². The summed E-state index contributed by atoms with van der Waals surface area (Å²) in [6.45, 7) is 0. The maximum atomic E-state index is 12.6. The van der Waals surface area contributed by atoms with Gasteiger partial charge in [0.15, 0.2) is 11.5 Å². The first kappa shape index (κ1) is 13.2. The monoisotopic (exact) mass is 274 g/mol. The molecule has 0 saturated heterocycles. The molecule has 1 aromatic heterocycles. The average molecular weight is 274 g/mol. The molecular formula is C11H9F3N2O3. The molecule has 1 aromatic carbocycles. The average Bonchev–Trinajstić information content (AvgIpc) is 2.36. The van der Waals surface area contributed by atoms with Crippen molar-refractivity contribution in [2.24, 2.45) is 0 Å². The predicted molar refractivity (Wildman–Crippen MR) is 60.5 cm³/mol. The second-order valence-electron chi connectivity index (χ2n) is 3.61. The predicted octanol–water partition coefficient (Wildman–Crippen LogP) is 1.96. The van der Waals surface area contributed by atoms with E-state index in [1.54, 1.807) is 4.98 Å². The largest absolute Gasteiger partial charge is 0.493 e. The lowest BCUT2D eigenvalue weighted by Crippen LogP contribution is -2.19. The van der Waals surface area contributed by atoms with Gasteiger partial charge in [-0.1, -0.05) is 0 Å². The zero-order valence-corrected chi connectivity index (χ0v) is 9.96. The molecule has 0 fully saturated rings. The Kier molecular flexibility index (Phi) is 3.09. The summed E-state index contributed by atoms with van der Waals surface area (Å²) < 4.78 is 47.7. The van der Waals surface area contributed by atoms with Crippen molar-refractivity contribution in [3.63, 3.8) is 0 Å². The Morgan fingerprint density at radius 2 is 1.89 bits per heavy atom. The Morgan fingerprint density at radius 1 is 1.21 bits per heavy atom. The molecule has 0 saturated carbocycles. The van der Waals surface area contributed by atoms with Crippen LogP contribution in [0, 0.1) is 0 Å². The van der Waals surface area contributed by atoms with E-state index in [9.17, 15) is 18.0 Å². The molecule has 0 aliphatic carbocycles. The highest BCUT2D eigenvalue weighted by Gasteiger charge is 2.35. The molecule has 1 heterocycles. The molecule has 0 radical (unpaired) electrons. The third-order valence-electron chi connectivity index (χ3n) is 2.49. The van der Waals surface area contributed by atoms with Crippen LogP contribution < -0.4 is 15.0 Å². The highest BCUT2D eigenvalue weighted by molar-refractivity contribution is 5.86. The van der Waals surface area contributed by atoms with Gasteiger partial charge in [-0.05, 0) is 12.1 Å². The van der Waals surface area contributed by atoms with E-state index in [1.165, 1.54) is 26.4 Å². The van der Waals surface area contributed by atoms with Crippen LogP contribution in [-0.4, -0.2) is 24.2 Å². The van der Waals surface area contributed by atoms with Gasteiger partial charge in [-0.2, -0.15) is 13.2 Å². The van der Waals surface area contributed by atoms with Crippen molar-refractivity contribution in [3.05, 3.63) is 28.3 Å². The standard InChI is InChI=1S/C11H9F3N2O3/c1-18-6-4-3-5-7(8(6)19-2)15-10(11(12,13)14)16-9(5)17/h3-4H,1-2H3,(H,15,16,17). The van der Waals surface area contributed by atoms with Gasteiger partial charge in [-0.3, -0.25) is 4.79 Å². The summed E-state index contributed by atoms with van der Waals surface area (Å²) in [6.07, 6.45) is -4.75. The second-order valence-corrected chi connectivity index (χ2v) is 3.61. The number of benzene rings is 1. The number of rotatable bonds is 2. The second kappa shape index (κ2) is 4.45. The number of fused-ring (bicyclic) bond motifs is 1. The lowest BCUT2D eigenvalue weighted by molar-refractivity contribution is -0.144. The number of nitrogens with zero attached hydrogens (tertiary/aromatic N) is 1. The van der Waals surface area contributed by atoms with Gasteiger partial charge in [0.25, 0.3) is 5.56 Å². The van der Waals surface area contributed by atoms with Crippen LogP contribution in [0.4, 0.5) is 13.2 Å². The quantitative estimate of drug-likeness (QED) is 0.909. The fourth-order valence-electron chi connectivity index (χ4n) is 1.65. The Hall–Kier alpha value is -2.25. The summed E-state index contributed by atoms with van der Waals surface area (Å²) >= 11 is 0. The van der Waals surface area contributed by atoms with Gasteiger partial charge in [0.1, 0.15) is 5.52 Å². The van der Waals surface area contributed by atoms with Crippen molar-refractivity contribution in [1.29, 1.82) is 0 Å². The van der Waals surface area contributed by atoms with Crippen LogP contribution in [0.2, 0.25) is 0 Å². The fraction of sp³-hybridized carbons (Fsp3) is 0.273. The highest BCUT2D eigenvalue weighted by atomic mass is 19.4. The van der Waals surface area contributed by atoms with E-state index in [0.717, 1.165) is 0 Å². The van der Waals surface area contributed by atoms with Crippen LogP contribution in [0.1, 0.15) is 5.82 Å². The van der Waals surface area contributed by atoms with Gasteiger partial charge in [0.2, 0.25) is 5.82 Å². The molecule has 8 heteroatoms. The van der Waals surface area contributed by atoms with Crippen molar-refractivity contribution < 1.29 is 22.6 Å². The van der Waals surface area contributed by atoms with Gasteiger partial charge < -0.3 is 14.5 Å². The summed E-state index contributed by atoms with van der Waals surface area (Å²) in [5.74, 6) is -1.20. The molecule has 0 atom stereocenters. The third kappa shape index (κ3) is 2.20. The summed E-state index contributed by atoms with van der Waals surface area (Å²) in [4.78, 5) is 16.7. The van der Waals surface area contributed by atoms with Gasteiger partial charge in [0, 0.05) is 0 Å². The van der Waals surface area contributed by atoms with Gasteiger partial charge in [-0.25, -0.2) is 4.98 Å². The van der Waals surface area contributed by atoms with Gasteiger partial charge >= 0.3 is 6.18 Å². The Balaban J connectivity index is 2.87. The fourth-order valence-corrected chi connectivity index (χ4v) is 1.65. The zero-order valence-electron chi connectivity index (χ0n) is 9.96. The first-order chi connectivity index (χ1) is 8.88. The summed E-state index contributed by atoms with van der Waals surface area (Å²) in [5.41, 5.74) is -1.09. The van der Waals surface area contributed by atoms with E-state index in [1.807, 2.05) is 0 Å². The van der Waals surface area contributed by atoms with Crippen LogP contribution in [0.3, 0.4) is 0 Å². The van der Waals surface area contributed by atoms with E-state index in [-0.39, 0.29) is 22.4 Å². The minimum absolute atomic E-state index is 0.00866. The molecule has 0 aliphatic rings. The molecule has 0 spiro atoms. The minimum Gasteiger partial charge on any atom is -0.493 e. The molecule has 0 unspecified atom stereocenters. The SMILES string of the molecule is COc1ccc2c(=O)[nH]c(C(F)(F)F)nc2c1OC. The molecule has 2 aromatic rings. The molecule has 19 heavy (non-hydrogen) atoms. The van der Waals surface area contributed by atoms with E-state index in [2.05, 4.69) is 4.98 Å². The number of alkyl halides is 3. The molecule has 5 nitrogen and oxygen atoms in total. The highest BCUT2D eigenvalue weighted by Crippen LogP contribution is 2.34. The van der Waals surface area contributed by atoms with Crippen LogP contribution in [0.25, 0.3) is 10.9 Å². The number of methoxy groups -OCH3 is 2. The number of halogens is 3. The maximum Gasteiger partial charge on any atom is 0.449 e. The van der Waals surface area contributed by atoms with Crippen LogP contribution >= 0.6 is 0 Å². The number of ether oxygens (including phenoxy) is 2. The topological polar surface area (TPSA) is 64.2 Å². The van der Waals surface area contributed by atoms with E-state index in [0.29, 0.717) is 0 Å². The van der Waals surface area contributed by atoms with Crippen molar-refractivity contribution in [2.75, 3.05) is 14.2 Å². The zero-order chi connectivity index (χ0) is 14.2. The number of aromatic nitrogens is 2.